The summed E-state index contributed by atoms with van der Waals surface area (Å²) in [6, 6.07) is 21.7. The van der Waals surface area contributed by atoms with Gasteiger partial charge in [-0.05, 0) is 66.8 Å². The van der Waals surface area contributed by atoms with Gasteiger partial charge >= 0.3 is 0 Å². The van der Waals surface area contributed by atoms with E-state index in [0.717, 1.165) is 21.5 Å². The Labute approximate surface area is 203 Å². The average Bonchev–Trinajstić information content (AvgIpc) is 3.41. The minimum absolute atomic E-state index is 0.0740. The number of nitrogens with one attached hydrogen (secondary N) is 1. The number of anilines is 1. The van der Waals surface area contributed by atoms with E-state index < -0.39 is 0 Å². The number of hydrogen-bond acceptors (Lipinski definition) is 4. The van der Waals surface area contributed by atoms with Crippen molar-refractivity contribution in [2.75, 3.05) is 4.90 Å². The van der Waals surface area contributed by atoms with Crippen LogP contribution in [0.25, 0.3) is 11.3 Å². The lowest BCUT2D eigenvalue weighted by Gasteiger charge is -2.26. The van der Waals surface area contributed by atoms with E-state index in [1.54, 1.807) is 24.4 Å². The third-order valence-electron chi connectivity index (χ3n) is 5.34. The Balaban J connectivity index is 1.62. The number of aromatic nitrogens is 1. The molecule has 2 aromatic heterocycles. The molecule has 0 spiro atoms. The Morgan fingerprint density at radius 2 is 1.88 bits per heavy atom. The number of benzene rings is 2. The molecule has 3 heterocycles. The van der Waals surface area contributed by atoms with E-state index in [2.05, 4.69) is 26.2 Å². The van der Waals surface area contributed by atoms with Gasteiger partial charge < -0.3 is 19.7 Å². The van der Waals surface area contributed by atoms with Crippen LogP contribution in [0.1, 0.15) is 23.5 Å². The van der Waals surface area contributed by atoms with Crippen LogP contribution < -0.4 is 10.2 Å². The van der Waals surface area contributed by atoms with Crippen molar-refractivity contribution >= 4 is 50.5 Å². The Morgan fingerprint density at radius 1 is 1.06 bits per heavy atom. The van der Waals surface area contributed by atoms with E-state index in [-0.39, 0.29) is 17.8 Å². The molecule has 2 atom stereocenters. The number of furan rings is 1. The third kappa shape index (κ3) is 3.88. The SMILES string of the molecule is Oc1ccc(Cl)cc1N1C(=S)N[C@H](c2ccccn2)[C@@H]1c1ccc(-c2ccc(Br)cc2)o1. The summed E-state index contributed by atoms with van der Waals surface area (Å²) in [6.07, 6.45) is 1.74. The predicted molar refractivity (Wildman–Crippen MR) is 133 cm³/mol. The molecule has 8 heteroatoms. The van der Waals surface area contributed by atoms with Gasteiger partial charge in [-0.15, -0.1) is 0 Å². The highest BCUT2D eigenvalue weighted by Gasteiger charge is 2.43. The average molecular weight is 527 g/mol. The quantitative estimate of drug-likeness (QED) is 0.291. The minimum atomic E-state index is -0.383. The summed E-state index contributed by atoms with van der Waals surface area (Å²) in [6.45, 7) is 0. The number of hydrogen-bond donors (Lipinski definition) is 2. The predicted octanol–water partition coefficient (Wildman–Crippen LogP) is 6.64. The number of pyridine rings is 1. The first kappa shape index (κ1) is 21.0. The summed E-state index contributed by atoms with van der Waals surface area (Å²) in [5, 5.41) is 14.9. The fraction of sp³-hybridized carbons (Fsp3) is 0.0833. The van der Waals surface area contributed by atoms with Gasteiger partial charge in [0.25, 0.3) is 0 Å². The van der Waals surface area contributed by atoms with Crippen LogP contribution in [-0.4, -0.2) is 15.2 Å². The van der Waals surface area contributed by atoms with Gasteiger partial charge in [-0.3, -0.25) is 4.98 Å². The molecule has 0 aliphatic carbocycles. The fourth-order valence-electron chi connectivity index (χ4n) is 3.87. The molecule has 2 N–H and O–H groups in total. The van der Waals surface area contributed by atoms with Gasteiger partial charge in [-0.1, -0.05) is 45.7 Å². The molecule has 0 bridgehead atoms. The van der Waals surface area contributed by atoms with E-state index in [1.807, 2.05) is 59.5 Å². The molecule has 5 rings (SSSR count). The summed E-state index contributed by atoms with van der Waals surface area (Å²) in [4.78, 5) is 6.36. The number of thiocarbonyl (C=S) groups is 1. The molecule has 1 fully saturated rings. The highest BCUT2D eigenvalue weighted by atomic mass is 79.9. The molecule has 0 unspecified atom stereocenters. The summed E-state index contributed by atoms with van der Waals surface area (Å²) >= 11 is 15.4. The number of nitrogens with zero attached hydrogens (tertiary/aromatic N) is 2. The topological polar surface area (TPSA) is 61.5 Å². The maximum absolute atomic E-state index is 10.6. The van der Waals surface area contributed by atoms with Gasteiger partial charge in [-0.2, -0.15) is 0 Å². The largest absolute Gasteiger partial charge is 0.506 e. The van der Waals surface area contributed by atoms with Crippen LogP contribution in [0.3, 0.4) is 0 Å². The Hall–Kier alpha value is -2.87. The van der Waals surface area contributed by atoms with Crippen molar-refractivity contribution in [3.63, 3.8) is 0 Å². The van der Waals surface area contributed by atoms with Gasteiger partial charge in [0.05, 0.1) is 17.4 Å². The molecule has 4 aromatic rings. The zero-order valence-electron chi connectivity index (χ0n) is 16.6. The second-order valence-corrected chi connectivity index (χ2v) is 9.08. The lowest BCUT2D eigenvalue weighted by atomic mass is 10.0. The second kappa shape index (κ2) is 8.58. The first-order valence-corrected chi connectivity index (χ1v) is 11.4. The van der Waals surface area contributed by atoms with Crippen LogP contribution in [0, 0.1) is 0 Å². The van der Waals surface area contributed by atoms with Crippen molar-refractivity contribution in [3.05, 3.63) is 99.9 Å². The lowest BCUT2D eigenvalue weighted by molar-refractivity contribution is 0.434. The summed E-state index contributed by atoms with van der Waals surface area (Å²) in [5.41, 5.74) is 2.27. The van der Waals surface area contributed by atoms with E-state index in [1.165, 1.54) is 0 Å². The van der Waals surface area contributed by atoms with E-state index in [4.69, 9.17) is 28.2 Å². The molecule has 0 radical (unpaired) electrons. The zero-order valence-corrected chi connectivity index (χ0v) is 19.7. The molecule has 160 valence electrons. The number of aromatic hydroxyl groups is 1. The monoisotopic (exact) mass is 525 g/mol. The van der Waals surface area contributed by atoms with Gasteiger partial charge in [0.2, 0.25) is 0 Å². The maximum Gasteiger partial charge on any atom is 0.174 e. The van der Waals surface area contributed by atoms with Crippen molar-refractivity contribution in [2.45, 2.75) is 12.1 Å². The maximum atomic E-state index is 10.6. The van der Waals surface area contributed by atoms with Crippen LogP contribution in [-0.2, 0) is 0 Å². The number of rotatable bonds is 4. The Morgan fingerprint density at radius 3 is 2.62 bits per heavy atom. The van der Waals surface area contributed by atoms with Crippen molar-refractivity contribution in [1.82, 2.24) is 10.3 Å². The highest BCUT2D eigenvalue weighted by molar-refractivity contribution is 9.10. The highest BCUT2D eigenvalue weighted by Crippen LogP contribution is 2.45. The van der Waals surface area contributed by atoms with E-state index in [0.29, 0.717) is 21.6 Å². The molecule has 0 saturated carbocycles. The van der Waals surface area contributed by atoms with Gasteiger partial charge in [0.15, 0.2) is 5.11 Å². The fourth-order valence-corrected chi connectivity index (χ4v) is 4.64. The molecule has 1 aliphatic rings. The molecule has 1 aliphatic heterocycles. The summed E-state index contributed by atoms with van der Waals surface area (Å²) in [5.74, 6) is 1.50. The van der Waals surface area contributed by atoms with Crippen LogP contribution in [0.5, 0.6) is 5.75 Å². The lowest BCUT2D eigenvalue weighted by Crippen LogP contribution is -2.29. The standard InChI is InChI=1S/C24H17BrClN3O2S/c25-15-6-4-14(5-7-15)20-10-11-21(31-20)23-22(17-3-1-2-12-27-17)28-24(32)29(23)18-13-16(26)8-9-19(18)30/h1-13,22-23,30H,(H,28,32)/t22-,23+/m1/s1. The van der Waals surface area contributed by atoms with Crippen molar-refractivity contribution in [1.29, 1.82) is 0 Å². The smallest absolute Gasteiger partial charge is 0.174 e. The van der Waals surface area contributed by atoms with Gasteiger partial charge in [-0.25, -0.2) is 0 Å². The molecule has 1 saturated heterocycles. The molecular formula is C24H17BrClN3O2S. The van der Waals surface area contributed by atoms with Crippen molar-refractivity contribution in [2.24, 2.45) is 0 Å². The summed E-state index contributed by atoms with van der Waals surface area (Å²) < 4.78 is 7.31. The van der Waals surface area contributed by atoms with E-state index in [9.17, 15) is 5.11 Å². The van der Waals surface area contributed by atoms with Crippen LogP contribution in [0.4, 0.5) is 5.69 Å². The first-order chi connectivity index (χ1) is 15.5. The number of phenolic OH excluding ortho intramolecular Hbond substituents is 1. The molecule has 32 heavy (non-hydrogen) atoms. The third-order valence-corrected chi connectivity index (χ3v) is 6.42. The normalized spacial score (nSPS) is 18.1. The van der Waals surface area contributed by atoms with Crippen molar-refractivity contribution < 1.29 is 9.52 Å². The first-order valence-electron chi connectivity index (χ1n) is 9.86. The Bertz CT molecular complexity index is 1280. The van der Waals surface area contributed by atoms with Crippen LogP contribution in [0.2, 0.25) is 5.02 Å². The van der Waals surface area contributed by atoms with Gasteiger partial charge in [0, 0.05) is 21.3 Å². The van der Waals surface area contributed by atoms with Crippen LogP contribution in [0.15, 0.2) is 87.9 Å². The van der Waals surface area contributed by atoms with E-state index >= 15 is 0 Å². The minimum Gasteiger partial charge on any atom is -0.506 e. The molecule has 5 nitrogen and oxygen atoms in total. The Kier molecular flexibility index (Phi) is 5.63. The molecular weight excluding hydrogens is 510 g/mol. The van der Waals surface area contributed by atoms with Gasteiger partial charge in [0.1, 0.15) is 23.3 Å². The second-order valence-electron chi connectivity index (χ2n) is 7.34. The molecule has 2 aromatic carbocycles. The zero-order chi connectivity index (χ0) is 22.2. The van der Waals surface area contributed by atoms with Crippen LogP contribution >= 0.6 is 39.7 Å². The number of phenols is 1. The molecule has 0 amide bonds. The van der Waals surface area contributed by atoms with Crippen molar-refractivity contribution in [3.8, 4) is 17.1 Å². The summed E-state index contributed by atoms with van der Waals surface area (Å²) in [7, 11) is 0. The number of halogens is 2.